The van der Waals surface area contributed by atoms with Gasteiger partial charge >= 0.3 is 5.97 Å². The van der Waals surface area contributed by atoms with Gasteiger partial charge in [-0.3, -0.25) is 0 Å². The van der Waals surface area contributed by atoms with Crippen LogP contribution in [0.2, 0.25) is 0 Å². The summed E-state index contributed by atoms with van der Waals surface area (Å²) in [5.41, 5.74) is 0.191. The summed E-state index contributed by atoms with van der Waals surface area (Å²) in [5, 5.41) is 9.53. The van der Waals surface area contributed by atoms with Crippen LogP contribution in [-0.4, -0.2) is 16.1 Å². The van der Waals surface area contributed by atoms with Crippen molar-refractivity contribution in [2.75, 3.05) is 0 Å². The molecule has 4 nitrogen and oxygen atoms in total. The van der Waals surface area contributed by atoms with Crippen molar-refractivity contribution in [2.45, 2.75) is 10.8 Å². The molecular formula is C11H8BrNO3S. The number of carboxylic acid groups (broad SMARTS) is 1. The van der Waals surface area contributed by atoms with Crippen LogP contribution in [0.5, 0.6) is 0 Å². The van der Waals surface area contributed by atoms with Gasteiger partial charge in [-0.2, -0.15) is 0 Å². The molecule has 6 heteroatoms. The van der Waals surface area contributed by atoms with Gasteiger partial charge in [-0.05, 0) is 34.1 Å². The van der Waals surface area contributed by atoms with E-state index in [-0.39, 0.29) is 5.56 Å². The molecule has 0 amide bonds. The molecule has 0 fully saturated rings. The van der Waals surface area contributed by atoms with E-state index in [1.54, 1.807) is 24.6 Å². The summed E-state index contributed by atoms with van der Waals surface area (Å²) < 4.78 is 5.82. The van der Waals surface area contributed by atoms with Crippen LogP contribution < -0.4 is 0 Å². The van der Waals surface area contributed by atoms with Gasteiger partial charge in [-0.15, -0.1) is 0 Å². The second kappa shape index (κ2) is 5.37. The minimum absolute atomic E-state index is 0.191. The third-order valence-corrected chi connectivity index (χ3v) is 3.44. The summed E-state index contributed by atoms with van der Waals surface area (Å²) in [6.45, 7) is 0. The van der Waals surface area contributed by atoms with Gasteiger partial charge in [0.1, 0.15) is 10.8 Å². The topological polar surface area (TPSA) is 63.3 Å². The summed E-state index contributed by atoms with van der Waals surface area (Å²) in [6.07, 6.45) is 3.17. The molecule has 1 N–H and O–H groups in total. The molecule has 0 atom stereocenters. The lowest BCUT2D eigenvalue weighted by molar-refractivity contribution is 0.0692. The summed E-state index contributed by atoms with van der Waals surface area (Å²) in [7, 11) is 0. The third-order valence-electron chi connectivity index (χ3n) is 1.98. The van der Waals surface area contributed by atoms with Crippen molar-refractivity contribution in [3.8, 4) is 0 Å². The van der Waals surface area contributed by atoms with Crippen LogP contribution in [0.3, 0.4) is 0 Å². The Morgan fingerprint density at radius 3 is 3.06 bits per heavy atom. The second-order valence-electron chi connectivity index (χ2n) is 3.18. The SMILES string of the molecule is O=C(O)c1cc(Br)cnc1SCc1ccco1. The van der Waals surface area contributed by atoms with Gasteiger partial charge in [-0.25, -0.2) is 9.78 Å². The van der Waals surface area contributed by atoms with Crippen LogP contribution in [0, 0.1) is 0 Å². The van der Waals surface area contributed by atoms with Crippen molar-refractivity contribution in [3.63, 3.8) is 0 Å². The van der Waals surface area contributed by atoms with E-state index in [1.807, 2.05) is 6.07 Å². The van der Waals surface area contributed by atoms with Gasteiger partial charge in [0.15, 0.2) is 0 Å². The molecule has 0 bridgehead atoms. The number of hydrogen-bond acceptors (Lipinski definition) is 4. The van der Waals surface area contributed by atoms with Gasteiger partial charge in [0.2, 0.25) is 0 Å². The van der Waals surface area contributed by atoms with Crippen LogP contribution in [0.15, 0.2) is 44.6 Å². The van der Waals surface area contributed by atoms with Crippen LogP contribution in [0.1, 0.15) is 16.1 Å². The quantitative estimate of drug-likeness (QED) is 0.876. The van der Waals surface area contributed by atoms with Crippen molar-refractivity contribution < 1.29 is 14.3 Å². The Balaban J connectivity index is 2.17. The molecule has 0 spiro atoms. The molecule has 2 aromatic heterocycles. The Morgan fingerprint density at radius 2 is 2.41 bits per heavy atom. The summed E-state index contributed by atoms with van der Waals surface area (Å²) in [5.74, 6) is 0.360. The Labute approximate surface area is 110 Å². The average molecular weight is 314 g/mol. The average Bonchev–Trinajstić information content (AvgIpc) is 2.80. The first-order valence-electron chi connectivity index (χ1n) is 4.71. The van der Waals surface area contributed by atoms with Crippen LogP contribution in [-0.2, 0) is 5.75 Å². The van der Waals surface area contributed by atoms with E-state index < -0.39 is 5.97 Å². The van der Waals surface area contributed by atoms with Crippen molar-refractivity contribution in [2.24, 2.45) is 0 Å². The number of nitrogens with zero attached hydrogens (tertiary/aromatic N) is 1. The zero-order chi connectivity index (χ0) is 12.3. The van der Waals surface area contributed by atoms with Gasteiger partial charge in [0.05, 0.1) is 17.6 Å². The summed E-state index contributed by atoms with van der Waals surface area (Å²) >= 11 is 4.54. The normalized spacial score (nSPS) is 10.4. The van der Waals surface area contributed by atoms with Crippen LogP contribution in [0.4, 0.5) is 0 Å². The summed E-state index contributed by atoms with van der Waals surface area (Å²) in [6, 6.07) is 5.18. The fourth-order valence-electron chi connectivity index (χ4n) is 1.23. The third kappa shape index (κ3) is 3.10. The number of carbonyl (C=O) groups is 1. The predicted octanol–water partition coefficient (Wildman–Crippen LogP) is 3.43. The fraction of sp³-hybridized carbons (Fsp3) is 0.0909. The monoisotopic (exact) mass is 313 g/mol. The molecule has 0 aliphatic heterocycles. The van der Waals surface area contributed by atoms with Crippen molar-refractivity contribution in [3.05, 3.63) is 46.5 Å². The maximum atomic E-state index is 11.0. The number of carboxylic acids is 1. The van der Waals surface area contributed by atoms with Gasteiger partial charge in [0.25, 0.3) is 0 Å². The molecule has 0 saturated heterocycles. The maximum Gasteiger partial charge on any atom is 0.338 e. The lowest BCUT2D eigenvalue weighted by Crippen LogP contribution is -2.00. The molecule has 0 saturated carbocycles. The van der Waals surface area contributed by atoms with Crippen LogP contribution in [0.25, 0.3) is 0 Å². The molecule has 0 aliphatic carbocycles. The zero-order valence-corrected chi connectivity index (χ0v) is 11.0. The molecule has 2 heterocycles. The minimum Gasteiger partial charge on any atom is -0.478 e. The number of rotatable bonds is 4. The summed E-state index contributed by atoms with van der Waals surface area (Å²) in [4.78, 5) is 15.1. The number of hydrogen-bond donors (Lipinski definition) is 1. The standard InChI is InChI=1S/C11H8BrNO3S/c12-7-4-9(11(14)15)10(13-5-7)17-6-8-2-1-3-16-8/h1-5H,6H2,(H,14,15). The number of thioether (sulfide) groups is 1. The van der Waals surface area contributed by atoms with E-state index in [0.717, 1.165) is 5.76 Å². The first-order valence-corrected chi connectivity index (χ1v) is 6.48. The molecule has 0 aliphatic rings. The Morgan fingerprint density at radius 1 is 1.59 bits per heavy atom. The number of aromatic nitrogens is 1. The molecule has 0 aromatic carbocycles. The lowest BCUT2D eigenvalue weighted by atomic mass is 10.3. The van der Waals surface area contributed by atoms with Gasteiger partial charge in [-0.1, -0.05) is 11.8 Å². The predicted molar refractivity (Wildman–Crippen MR) is 67.2 cm³/mol. The van der Waals surface area contributed by atoms with Gasteiger partial charge in [0, 0.05) is 10.7 Å². The molecule has 2 rings (SSSR count). The first-order chi connectivity index (χ1) is 8.16. The lowest BCUT2D eigenvalue weighted by Gasteiger charge is -2.03. The van der Waals surface area contributed by atoms with E-state index in [1.165, 1.54) is 11.8 Å². The fourth-order valence-corrected chi connectivity index (χ4v) is 2.43. The van der Waals surface area contributed by atoms with Crippen molar-refractivity contribution >= 4 is 33.7 Å². The van der Waals surface area contributed by atoms with E-state index in [0.29, 0.717) is 15.3 Å². The number of furan rings is 1. The Bertz CT molecular complexity index is 528. The first kappa shape index (κ1) is 12.2. The highest BCUT2D eigenvalue weighted by atomic mass is 79.9. The number of pyridine rings is 1. The maximum absolute atomic E-state index is 11.0. The smallest absolute Gasteiger partial charge is 0.338 e. The highest BCUT2D eigenvalue weighted by molar-refractivity contribution is 9.10. The Kier molecular flexibility index (Phi) is 3.86. The van der Waals surface area contributed by atoms with E-state index >= 15 is 0 Å². The second-order valence-corrected chi connectivity index (χ2v) is 5.06. The molecular weight excluding hydrogens is 306 g/mol. The van der Waals surface area contributed by atoms with Gasteiger partial charge < -0.3 is 9.52 Å². The number of aromatic carboxylic acids is 1. The molecule has 0 unspecified atom stereocenters. The highest BCUT2D eigenvalue weighted by Gasteiger charge is 2.13. The number of halogens is 1. The minimum atomic E-state index is -0.985. The van der Waals surface area contributed by atoms with E-state index in [9.17, 15) is 4.79 Å². The van der Waals surface area contributed by atoms with E-state index in [2.05, 4.69) is 20.9 Å². The molecule has 0 radical (unpaired) electrons. The zero-order valence-electron chi connectivity index (χ0n) is 8.59. The van der Waals surface area contributed by atoms with Crippen molar-refractivity contribution in [1.29, 1.82) is 0 Å². The highest BCUT2D eigenvalue weighted by Crippen LogP contribution is 2.26. The largest absolute Gasteiger partial charge is 0.478 e. The van der Waals surface area contributed by atoms with E-state index in [4.69, 9.17) is 9.52 Å². The molecule has 88 valence electrons. The molecule has 17 heavy (non-hydrogen) atoms. The Hall–Kier alpha value is -1.27. The van der Waals surface area contributed by atoms with Crippen LogP contribution >= 0.6 is 27.7 Å². The molecule has 2 aromatic rings. The van der Waals surface area contributed by atoms with Crippen molar-refractivity contribution in [1.82, 2.24) is 4.98 Å².